The van der Waals surface area contributed by atoms with E-state index in [1.165, 1.54) is 29.5 Å². The zero-order valence-electron chi connectivity index (χ0n) is 9.61. The van der Waals surface area contributed by atoms with Gasteiger partial charge in [-0.25, -0.2) is 0 Å². The Hall–Kier alpha value is -1.56. The van der Waals surface area contributed by atoms with Gasteiger partial charge in [-0.2, -0.15) is 0 Å². The second-order valence-electron chi connectivity index (χ2n) is 4.81. The maximum atomic E-state index is 2.29. The highest BCUT2D eigenvalue weighted by Crippen LogP contribution is 2.53. The minimum Gasteiger partial charge on any atom is -0.0622 e. The highest BCUT2D eigenvalue weighted by Gasteiger charge is 2.45. The average Bonchev–Trinajstić information content (AvgIpc) is 3.13. The van der Waals surface area contributed by atoms with E-state index >= 15 is 0 Å². The largest absolute Gasteiger partial charge is 0.0622 e. The van der Waals surface area contributed by atoms with Gasteiger partial charge < -0.3 is 0 Å². The summed E-state index contributed by atoms with van der Waals surface area (Å²) in [4.78, 5) is 0. The van der Waals surface area contributed by atoms with Crippen molar-refractivity contribution in [3.05, 3.63) is 71.3 Å². The molecule has 0 bridgehead atoms. The summed E-state index contributed by atoms with van der Waals surface area (Å²) in [6, 6.07) is 19.9. The predicted octanol–water partition coefficient (Wildman–Crippen LogP) is 4.07. The van der Waals surface area contributed by atoms with E-state index in [0.717, 1.165) is 0 Å². The first-order valence-electron chi connectivity index (χ1n) is 5.94. The van der Waals surface area contributed by atoms with Crippen LogP contribution in [0.15, 0.2) is 54.6 Å². The fourth-order valence-electron chi connectivity index (χ4n) is 2.50. The normalized spacial score (nSPS) is 17.1. The van der Waals surface area contributed by atoms with E-state index < -0.39 is 0 Å². The van der Waals surface area contributed by atoms with Crippen LogP contribution < -0.4 is 0 Å². The van der Waals surface area contributed by atoms with Crippen LogP contribution in [0.2, 0.25) is 0 Å². The number of aryl methyl sites for hydroxylation is 1. The smallest absolute Gasteiger partial charge is 0.0203 e. The molecule has 0 amide bonds. The van der Waals surface area contributed by atoms with Crippen LogP contribution >= 0.6 is 0 Å². The van der Waals surface area contributed by atoms with Gasteiger partial charge in [-0.3, -0.25) is 0 Å². The van der Waals surface area contributed by atoms with Crippen molar-refractivity contribution in [1.82, 2.24) is 0 Å². The minimum atomic E-state index is 0.328. The number of rotatable bonds is 2. The van der Waals surface area contributed by atoms with Gasteiger partial charge in [0.2, 0.25) is 0 Å². The van der Waals surface area contributed by atoms with Crippen LogP contribution in [0.1, 0.15) is 29.5 Å². The molecule has 0 aromatic heterocycles. The molecule has 0 aliphatic heterocycles. The maximum Gasteiger partial charge on any atom is 0.0203 e. The lowest BCUT2D eigenvalue weighted by Gasteiger charge is -2.16. The Kier molecular flexibility index (Phi) is 2.10. The van der Waals surface area contributed by atoms with Gasteiger partial charge in [-0.15, -0.1) is 0 Å². The molecule has 0 radical (unpaired) electrons. The van der Waals surface area contributed by atoms with Crippen molar-refractivity contribution in [2.75, 3.05) is 0 Å². The Bertz CT molecular complexity index is 475. The van der Waals surface area contributed by atoms with Crippen molar-refractivity contribution >= 4 is 0 Å². The molecule has 0 heteroatoms. The number of benzene rings is 2. The highest BCUT2D eigenvalue weighted by molar-refractivity contribution is 5.45. The molecule has 0 nitrogen and oxygen atoms in total. The molecule has 2 aromatic carbocycles. The van der Waals surface area contributed by atoms with Crippen LogP contribution in [-0.4, -0.2) is 0 Å². The third kappa shape index (κ3) is 1.46. The van der Waals surface area contributed by atoms with Gasteiger partial charge in [0.25, 0.3) is 0 Å². The fraction of sp³-hybridized carbons (Fsp3) is 0.250. The van der Waals surface area contributed by atoms with E-state index in [9.17, 15) is 0 Å². The Morgan fingerprint density at radius 3 is 1.88 bits per heavy atom. The molecule has 2 aromatic rings. The molecular formula is C16H16. The van der Waals surface area contributed by atoms with Crippen LogP contribution in [0.4, 0.5) is 0 Å². The molecule has 1 saturated carbocycles. The van der Waals surface area contributed by atoms with E-state index in [4.69, 9.17) is 0 Å². The van der Waals surface area contributed by atoms with Crippen molar-refractivity contribution < 1.29 is 0 Å². The molecular weight excluding hydrogens is 192 g/mol. The number of hydrogen-bond acceptors (Lipinski definition) is 0. The highest BCUT2D eigenvalue weighted by atomic mass is 14.5. The zero-order valence-corrected chi connectivity index (χ0v) is 9.61. The summed E-state index contributed by atoms with van der Waals surface area (Å²) in [6.45, 7) is 2.14. The maximum absolute atomic E-state index is 2.29. The van der Waals surface area contributed by atoms with E-state index in [1.54, 1.807) is 0 Å². The Morgan fingerprint density at radius 2 is 1.31 bits per heavy atom. The van der Waals surface area contributed by atoms with Gasteiger partial charge in [-0.1, -0.05) is 60.2 Å². The van der Waals surface area contributed by atoms with Crippen LogP contribution in [0.5, 0.6) is 0 Å². The molecule has 3 rings (SSSR count). The molecule has 16 heavy (non-hydrogen) atoms. The fourth-order valence-corrected chi connectivity index (χ4v) is 2.50. The lowest BCUT2D eigenvalue weighted by Crippen LogP contribution is -2.07. The molecule has 1 aliphatic rings. The molecule has 0 atom stereocenters. The number of hydrogen-bond donors (Lipinski definition) is 0. The summed E-state index contributed by atoms with van der Waals surface area (Å²) >= 11 is 0. The Labute approximate surface area is 96.9 Å². The van der Waals surface area contributed by atoms with Gasteiger partial charge in [0.1, 0.15) is 0 Å². The van der Waals surface area contributed by atoms with Gasteiger partial charge in [-0.05, 0) is 30.9 Å². The van der Waals surface area contributed by atoms with Gasteiger partial charge in [0.15, 0.2) is 0 Å². The predicted molar refractivity (Wildman–Crippen MR) is 67.6 cm³/mol. The summed E-state index contributed by atoms with van der Waals surface area (Å²) in [7, 11) is 0. The van der Waals surface area contributed by atoms with E-state index in [2.05, 4.69) is 61.5 Å². The lowest BCUT2D eigenvalue weighted by molar-refractivity contribution is 0.847. The Morgan fingerprint density at radius 1 is 0.750 bits per heavy atom. The monoisotopic (exact) mass is 208 g/mol. The molecule has 0 spiro atoms. The third-order valence-corrected chi connectivity index (χ3v) is 3.68. The summed E-state index contributed by atoms with van der Waals surface area (Å²) in [5.41, 5.74) is 4.62. The standard InChI is InChI=1S/C16H16/c1-13-7-9-15(10-8-13)16(11-12-16)14-5-3-2-4-6-14/h2-10H,11-12H2,1H3. The molecule has 0 unspecified atom stereocenters. The van der Waals surface area contributed by atoms with Crippen LogP contribution in [0.25, 0.3) is 0 Å². The van der Waals surface area contributed by atoms with E-state index in [-0.39, 0.29) is 0 Å². The minimum absolute atomic E-state index is 0.328. The molecule has 1 aliphatic carbocycles. The third-order valence-electron chi connectivity index (χ3n) is 3.68. The van der Waals surface area contributed by atoms with Crippen LogP contribution in [-0.2, 0) is 5.41 Å². The summed E-state index contributed by atoms with van der Waals surface area (Å²) in [5, 5.41) is 0. The van der Waals surface area contributed by atoms with Gasteiger partial charge >= 0.3 is 0 Å². The second-order valence-corrected chi connectivity index (χ2v) is 4.81. The molecule has 1 fully saturated rings. The lowest BCUT2D eigenvalue weighted by atomic mass is 9.88. The average molecular weight is 208 g/mol. The van der Waals surface area contributed by atoms with Crippen molar-refractivity contribution in [1.29, 1.82) is 0 Å². The molecule has 0 saturated heterocycles. The van der Waals surface area contributed by atoms with Crippen molar-refractivity contribution in [3.63, 3.8) is 0 Å². The Balaban J connectivity index is 2.03. The first-order valence-corrected chi connectivity index (χ1v) is 5.94. The summed E-state index contributed by atoms with van der Waals surface area (Å²) in [6.07, 6.45) is 2.58. The SMILES string of the molecule is Cc1ccc(C2(c3ccccc3)CC2)cc1. The second kappa shape index (κ2) is 3.48. The molecule has 0 N–H and O–H groups in total. The molecule has 0 heterocycles. The summed E-state index contributed by atoms with van der Waals surface area (Å²) < 4.78 is 0. The van der Waals surface area contributed by atoms with Crippen molar-refractivity contribution in [2.24, 2.45) is 0 Å². The van der Waals surface area contributed by atoms with Crippen molar-refractivity contribution in [3.8, 4) is 0 Å². The molecule has 80 valence electrons. The van der Waals surface area contributed by atoms with Gasteiger partial charge in [0.05, 0.1) is 0 Å². The van der Waals surface area contributed by atoms with Crippen LogP contribution in [0.3, 0.4) is 0 Å². The van der Waals surface area contributed by atoms with Gasteiger partial charge in [0, 0.05) is 5.41 Å². The quantitative estimate of drug-likeness (QED) is 0.697. The first-order chi connectivity index (χ1) is 7.81. The van der Waals surface area contributed by atoms with E-state index in [1.807, 2.05) is 0 Å². The zero-order chi connectivity index (χ0) is 11.0. The first kappa shape index (κ1) is 9.65. The van der Waals surface area contributed by atoms with Crippen LogP contribution in [0, 0.1) is 6.92 Å². The topological polar surface area (TPSA) is 0 Å². The summed E-state index contributed by atoms with van der Waals surface area (Å²) in [5.74, 6) is 0. The van der Waals surface area contributed by atoms with E-state index in [0.29, 0.717) is 5.41 Å². The van der Waals surface area contributed by atoms with Crippen molar-refractivity contribution in [2.45, 2.75) is 25.2 Å².